The summed E-state index contributed by atoms with van der Waals surface area (Å²) in [6.07, 6.45) is 2.72. The summed E-state index contributed by atoms with van der Waals surface area (Å²) >= 11 is 0. The van der Waals surface area contributed by atoms with Crippen LogP contribution in [0, 0.1) is 6.92 Å². The molecule has 1 aromatic heterocycles. The van der Waals surface area contributed by atoms with Crippen LogP contribution in [0.5, 0.6) is 0 Å². The van der Waals surface area contributed by atoms with Crippen molar-refractivity contribution in [3.63, 3.8) is 0 Å². The van der Waals surface area contributed by atoms with E-state index >= 15 is 0 Å². The monoisotopic (exact) mass is 235 g/mol. The molecule has 1 atom stereocenters. The molecular formula is C11H13N3O3. The lowest BCUT2D eigenvalue weighted by Crippen LogP contribution is -2.40. The third-order valence-electron chi connectivity index (χ3n) is 2.79. The molecule has 2 heterocycles. The van der Waals surface area contributed by atoms with Gasteiger partial charge in [0.15, 0.2) is 0 Å². The van der Waals surface area contributed by atoms with Crippen molar-refractivity contribution in [3.8, 4) is 0 Å². The van der Waals surface area contributed by atoms with E-state index in [1.165, 1.54) is 17.2 Å². The molecule has 1 saturated heterocycles. The summed E-state index contributed by atoms with van der Waals surface area (Å²) in [5.74, 6) is -0.788. The highest BCUT2D eigenvalue weighted by Crippen LogP contribution is 2.19. The van der Waals surface area contributed by atoms with Crippen molar-refractivity contribution < 1.29 is 14.7 Å². The zero-order valence-corrected chi connectivity index (χ0v) is 9.46. The standard InChI is InChI=1S/C11H13N3O3/c1-7-12-5-4-8(13-7)10(15)14-6-2-3-9(14)11(16)17/h4-5,9H,2-3,6H2,1H3,(H,16,17)/t9-/m0/s1. The molecule has 0 unspecified atom stereocenters. The van der Waals surface area contributed by atoms with Crippen molar-refractivity contribution in [2.45, 2.75) is 25.8 Å². The number of aliphatic carboxylic acids is 1. The Morgan fingerprint density at radius 2 is 2.29 bits per heavy atom. The van der Waals surface area contributed by atoms with Crippen molar-refractivity contribution in [3.05, 3.63) is 23.8 Å². The van der Waals surface area contributed by atoms with Gasteiger partial charge in [0, 0.05) is 12.7 Å². The lowest BCUT2D eigenvalue weighted by molar-refractivity contribution is -0.141. The molecule has 90 valence electrons. The van der Waals surface area contributed by atoms with Gasteiger partial charge in [-0.3, -0.25) is 4.79 Å². The Morgan fingerprint density at radius 3 is 2.94 bits per heavy atom. The van der Waals surface area contributed by atoms with Crippen LogP contribution in [0.15, 0.2) is 12.3 Å². The van der Waals surface area contributed by atoms with Gasteiger partial charge in [-0.25, -0.2) is 14.8 Å². The predicted molar refractivity (Wildman–Crippen MR) is 58.5 cm³/mol. The van der Waals surface area contributed by atoms with Gasteiger partial charge in [-0.1, -0.05) is 0 Å². The fourth-order valence-electron chi connectivity index (χ4n) is 1.99. The summed E-state index contributed by atoms with van der Waals surface area (Å²) in [4.78, 5) is 32.4. The van der Waals surface area contributed by atoms with Crippen LogP contribution in [-0.2, 0) is 4.79 Å². The summed E-state index contributed by atoms with van der Waals surface area (Å²) in [5, 5.41) is 9.01. The van der Waals surface area contributed by atoms with E-state index in [0.29, 0.717) is 25.2 Å². The maximum Gasteiger partial charge on any atom is 0.326 e. The summed E-state index contributed by atoms with van der Waals surface area (Å²) in [7, 11) is 0. The molecule has 1 aliphatic rings. The van der Waals surface area contributed by atoms with Gasteiger partial charge in [0.05, 0.1) is 0 Å². The number of carboxylic acids is 1. The highest BCUT2D eigenvalue weighted by Gasteiger charge is 2.34. The maximum absolute atomic E-state index is 12.1. The Balaban J connectivity index is 2.23. The van der Waals surface area contributed by atoms with Gasteiger partial charge in [-0.15, -0.1) is 0 Å². The quantitative estimate of drug-likeness (QED) is 0.805. The van der Waals surface area contributed by atoms with Crippen LogP contribution in [0.4, 0.5) is 0 Å². The average Bonchev–Trinajstić information content (AvgIpc) is 2.77. The Morgan fingerprint density at radius 1 is 1.53 bits per heavy atom. The fraction of sp³-hybridized carbons (Fsp3) is 0.455. The molecule has 0 aliphatic carbocycles. The minimum atomic E-state index is -0.957. The molecule has 1 fully saturated rings. The molecule has 1 aliphatic heterocycles. The lowest BCUT2D eigenvalue weighted by Gasteiger charge is -2.20. The van der Waals surface area contributed by atoms with E-state index < -0.39 is 12.0 Å². The highest BCUT2D eigenvalue weighted by molar-refractivity contribution is 5.95. The van der Waals surface area contributed by atoms with Crippen molar-refractivity contribution in [2.75, 3.05) is 6.54 Å². The summed E-state index contributed by atoms with van der Waals surface area (Å²) < 4.78 is 0. The maximum atomic E-state index is 12.1. The molecule has 1 amide bonds. The largest absolute Gasteiger partial charge is 0.480 e. The smallest absolute Gasteiger partial charge is 0.326 e. The number of aryl methyl sites for hydroxylation is 1. The van der Waals surface area contributed by atoms with E-state index in [0.717, 1.165) is 0 Å². The van der Waals surface area contributed by atoms with E-state index in [-0.39, 0.29) is 11.6 Å². The number of rotatable bonds is 2. The second-order valence-electron chi connectivity index (χ2n) is 3.98. The Labute approximate surface area is 98.3 Å². The third-order valence-corrected chi connectivity index (χ3v) is 2.79. The van der Waals surface area contributed by atoms with Crippen LogP contribution in [0.3, 0.4) is 0 Å². The van der Waals surface area contributed by atoms with Gasteiger partial charge in [0.1, 0.15) is 17.6 Å². The first-order valence-electron chi connectivity index (χ1n) is 5.43. The Hall–Kier alpha value is -1.98. The first-order chi connectivity index (χ1) is 8.09. The van der Waals surface area contributed by atoms with E-state index in [2.05, 4.69) is 9.97 Å². The number of carbonyl (C=O) groups is 2. The van der Waals surface area contributed by atoms with E-state index in [1.54, 1.807) is 6.92 Å². The summed E-state index contributed by atoms with van der Waals surface area (Å²) in [6.45, 7) is 2.16. The molecule has 0 radical (unpaired) electrons. The van der Waals surface area contributed by atoms with Gasteiger partial charge >= 0.3 is 5.97 Å². The fourth-order valence-corrected chi connectivity index (χ4v) is 1.99. The number of aromatic nitrogens is 2. The van der Waals surface area contributed by atoms with Gasteiger partial charge in [0.25, 0.3) is 5.91 Å². The van der Waals surface area contributed by atoms with Crippen molar-refractivity contribution in [2.24, 2.45) is 0 Å². The summed E-state index contributed by atoms with van der Waals surface area (Å²) in [6, 6.07) is 0.782. The Kier molecular flexibility index (Phi) is 3.03. The molecule has 6 nitrogen and oxygen atoms in total. The number of hydrogen-bond donors (Lipinski definition) is 1. The van der Waals surface area contributed by atoms with Gasteiger partial charge in [-0.05, 0) is 25.8 Å². The second kappa shape index (κ2) is 4.48. The van der Waals surface area contributed by atoms with Gasteiger partial charge < -0.3 is 10.0 Å². The van der Waals surface area contributed by atoms with Crippen LogP contribution < -0.4 is 0 Å². The minimum Gasteiger partial charge on any atom is -0.480 e. The van der Waals surface area contributed by atoms with E-state index in [9.17, 15) is 9.59 Å². The average molecular weight is 235 g/mol. The SMILES string of the molecule is Cc1nccc(C(=O)N2CCC[C@H]2C(=O)O)n1. The zero-order valence-electron chi connectivity index (χ0n) is 9.46. The second-order valence-corrected chi connectivity index (χ2v) is 3.98. The Bertz CT molecular complexity index is 461. The number of hydrogen-bond acceptors (Lipinski definition) is 4. The molecule has 0 aromatic carbocycles. The molecule has 2 rings (SSSR count). The molecule has 17 heavy (non-hydrogen) atoms. The minimum absolute atomic E-state index is 0.255. The van der Waals surface area contributed by atoms with Crippen LogP contribution in [-0.4, -0.2) is 44.4 Å². The molecule has 1 aromatic rings. The number of carbonyl (C=O) groups excluding carboxylic acids is 1. The normalized spacial score (nSPS) is 19.4. The van der Waals surface area contributed by atoms with Crippen LogP contribution >= 0.6 is 0 Å². The van der Waals surface area contributed by atoms with Crippen molar-refractivity contribution >= 4 is 11.9 Å². The van der Waals surface area contributed by atoms with Crippen LogP contribution in [0.25, 0.3) is 0 Å². The molecule has 1 N–H and O–H groups in total. The number of likely N-dealkylation sites (tertiary alicyclic amines) is 1. The lowest BCUT2D eigenvalue weighted by atomic mass is 10.2. The predicted octanol–water partition coefficient (Wildman–Crippen LogP) is 0.474. The van der Waals surface area contributed by atoms with Crippen LogP contribution in [0.1, 0.15) is 29.2 Å². The number of carboxylic acid groups (broad SMARTS) is 1. The number of amides is 1. The first-order valence-corrected chi connectivity index (χ1v) is 5.43. The van der Waals surface area contributed by atoms with Gasteiger partial charge in [-0.2, -0.15) is 0 Å². The molecule has 0 bridgehead atoms. The molecule has 0 saturated carbocycles. The molecular weight excluding hydrogens is 222 g/mol. The zero-order chi connectivity index (χ0) is 12.4. The summed E-state index contributed by atoms with van der Waals surface area (Å²) in [5.41, 5.74) is 0.255. The van der Waals surface area contributed by atoms with Gasteiger partial charge in [0.2, 0.25) is 0 Å². The van der Waals surface area contributed by atoms with E-state index in [4.69, 9.17) is 5.11 Å². The molecule has 0 spiro atoms. The third kappa shape index (κ3) is 2.25. The van der Waals surface area contributed by atoms with Crippen molar-refractivity contribution in [1.82, 2.24) is 14.9 Å². The molecule has 6 heteroatoms. The topological polar surface area (TPSA) is 83.4 Å². The van der Waals surface area contributed by atoms with Crippen molar-refractivity contribution in [1.29, 1.82) is 0 Å². The highest BCUT2D eigenvalue weighted by atomic mass is 16.4. The van der Waals surface area contributed by atoms with Crippen LogP contribution in [0.2, 0.25) is 0 Å². The first kappa shape index (κ1) is 11.5. The van der Waals surface area contributed by atoms with E-state index in [1.807, 2.05) is 0 Å². The number of nitrogens with zero attached hydrogens (tertiary/aromatic N) is 3.